The molecule has 0 aromatic carbocycles. The standard InChI is InChI=1S/C12H20N2O2/c13-9-5-7-10(8-6-9)14-11(15)3-1-2-4-12(14)16/h9-10H,1-8,13H2. The smallest absolute Gasteiger partial charge is 0.229 e. The minimum atomic E-state index is 0.0305. The molecule has 16 heavy (non-hydrogen) atoms. The second-order valence-corrected chi connectivity index (χ2v) is 4.93. The molecular weight excluding hydrogens is 204 g/mol. The Balaban J connectivity index is 2.04. The molecule has 1 heterocycles. The van der Waals surface area contributed by atoms with Crippen LogP contribution in [0.4, 0.5) is 0 Å². The molecule has 2 aliphatic rings. The molecule has 0 atom stereocenters. The number of carbonyl (C=O) groups excluding carboxylic acids is 2. The van der Waals surface area contributed by atoms with Crippen LogP contribution >= 0.6 is 0 Å². The van der Waals surface area contributed by atoms with E-state index in [4.69, 9.17) is 5.73 Å². The minimum Gasteiger partial charge on any atom is -0.328 e. The van der Waals surface area contributed by atoms with Gasteiger partial charge in [-0.25, -0.2) is 0 Å². The Morgan fingerprint density at radius 2 is 1.44 bits per heavy atom. The van der Waals surface area contributed by atoms with E-state index in [1.807, 2.05) is 0 Å². The highest BCUT2D eigenvalue weighted by molar-refractivity contribution is 5.96. The monoisotopic (exact) mass is 224 g/mol. The number of hydrogen-bond acceptors (Lipinski definition) is 3. The van der Waals surface area contributed by atoms with E-state index in [9.17, 15) is 9.59 Å². The van der Waals surface area contributed by atoms with Crippen molar-refractivity contribution in [1.29, 1.82) is 0 Å². The quantitative estimate of drug-likeness (QED) is 0.680. The van der Waals surface area contributed by atoms with E-state index in [1.54, 1.807) is 4.90 Å². The van der Waals surface area contributed by atoms with E-state index < -0.39 is 0 Å². The third-order valence-electron chi connectivity index (χ3n) is 3.68. The van der Waals surface area contributed by atoms with Gasteiger partial charge in [0.2, 0.25) is 11.8 Å². The number of nitrogens with zero attached hydrogens (tertiary/aromatic N) is 1. The van der Waals surface area contributed by atoms with Gasteiger partial charge in [-0.3, -0.25) is 14.5 Å². The lowest BCUT2D eigenvalue weighted by atomic mass is 9.90. The maximum Gasteiger partial charge on any atom is 0.229 e. The predicted molar refractivity (Wildman–Crippen MR) is 60.6 cm³/mol. The van der Waals surface area contributed by atoms with Crippen LogP contribution in [0.3, 0.4) is 0 Å². The van der Waals surface area contributed by atoms with Crippen LogP contribution in [-0.2, 0) is 9.59 Å². The SMILES string of the molecule is NC1CCC(N2C(=O)CCCCC2=O)CC1. The predicted octanol–water partition coefficient (Wildman–Crippen LogP) is 1.19. The van der Waals surface area contributed by atoms with Crippen LogP contribution in [0.25, 0.3) is 0 Å². The Morgan fingerprint density at radius 3 is 1.94 bits per heavy atom. The van der Waals surface area contributed by atoms with Gasteiger partial charge in [0.1, 0.15) is 0 Å². The van der Waals surface area contributed by atoms with Crippen LogP contribution in [-0.4, -0.2) is 28.8 Å². The normalized spacial score (nSPS) is 32.7. The van der Waals surface area contributed by atoms with Crippen LogP contribution in [0, 0.1) is 0 Å². The highest BCUT2D eigenvalue weighted by atomic mass is 16.2. The first kappa shape index (κ1) is 11.6. The van der Waals surface area contributed by atoms with E-state index >= 15 is 0 Å². The van der Waals surface area contributed by atoms with Crippen molar-refractivity contribution in [1.82, 2.24) is 4.90 Å². The van der Waals surface area contributed by atoms with Gasteiger partial charge in [0, 0.05) is 24.9 Å². The lowest BCUT2D eigenvalue weighted by molar-refractivity contribution is -0.147. The molecule has 2 rings (SSSR count). The third kappa shape index (κ3) is 2.43. The van der Waals surface area contributed by atoms with Gasteiger partial charge in [0.25, 0.3) is 0 Å². The number of imide groups is 1. The van der Waals surface area contributed by atoms with Gasteiger partial charge in [-0.05, 0) is 38.5 Å². The molecule has 4 nitrogen and oxygen atoms in total. The van der Waals surface area contributed by atoms with Crippen molar-refractivity contribution in [2.45, 2.75) is 63.5 Å². The molecule has 1 saturated carbocycles. The molecule has 0 unspecified atom stereocenters. The zero-order valence-electron chi connectivity index (χ0n) is 9.65. The summed E-state index contributed by atoms with van der Waals surface area (Å²) in [6.07, 6.45) is 6.42. The molecule has 1 aliphatic heterocycles. The van der Waals surface area contributed by atoms with Crippen molar-refractivity contribution in [2.75, 3.05) is 0 Å². The molecule has 1 saturated heterocycles. The van der Waals surface area contributed by atoms with E-state index in [0.29, 0.717) is 12.8 Å². The molecule has 2 fully saturated rings. The average molecular weight is 224 g/mol. The second-order valence-electron chi connectivity index (χ2n) is 4.93. The Bertz CT molecular complexity index is 265. The molecule has 2 amide bonds. The first-order valence-electron chi connectivity index (χ1n) is 6.29. The summed E-state index contributed by atoms with van der Waals surface area (Å²) in [5, 5.41) is 0. The van der Waals surface area contributed by atoms with Crippen LogP contribution in [0.15, 0.2) is 0 Å². The van der Waals surface area contributed by atoms with Gasteiger partial charge >= 0.3 is 0 Å². The van der Waals surface area contributed by atoms with E-state index in [0.717, 1.165) is 38.5 Å². The number of rotatable bonds is 1. The maximum absolute atomic E-state index is 11.9. The third-order valence-corrected chi connectivity index (χ3v) is 3.68. The summed E-state index contributed by atoms with van der Waals surface area (Å²) >= 11 is 0. The summed E-state index contributed by atoms with van der Waals surface area (Å²) in [6.45, 7) is 0. The molecule has 0 radical (unpaired) electrons. The fourth-order valence-electron chi connectivity index (χ4n) is 2.70. The molecule has 0 aromatic heterocycles. The van der Waals surface area contributed by atoms with E-state index in [-0.39, 0.29) is 23.9 Å². The van der Waals surface area contributed by atoms with Crippen LogP contribution in [0.2, 0.25) is 0 Å². The van der Waals surface area contributed by atoms with E-state index in [1.165, 1.54) is 0 Å². The lowest BCUT2D eigenvalue weighted by Crippen LogP contribution is -2.46. The molecule has 1 aliphatic carbocycles. The van der Waals surface area contributed by atoms with Crippen molar-refractivity contribution in [3.05, 3.63) is 0 Å². The van der Waals surface area contributed by atoms with Gasteiger partial charge in [-0.1, -0.05) is 0 Å². The number of likely N-dealkylation sites (tertiary alicyclic amines) is 1. The summed E-state index contributed by atoms with van der Waals surface area (Å²) in [5.74, 6) is 0.0611. The van der Waals surface area contributed by atoms with Crippen molar-refractivity contribution < 1.29 is 9.59 Å². The number of carbonyl (C=O) groups is 2. The fourth-order valence-corrected chi connectivity index (χ4v) is 2.70. The second kappa shape index (κ2) is 4.95. The first-order chi connectivity index (χ1) is 7.68. The number of nitrogens with two attached hydrogens (primary N) is 1. The van der Waals surface area contributed by atoms with Crippen molar-refractivity contribution in [3.8, 4) is 0 Å². The highest BCUT2D eigenvalue weighted by Crippen LogP contribution is 2.25. The Labute approximate surface area is 96.2 Å². The Morgan fingerprint density at radius 1 is 0.938 bits per heavy atom. The Kier molecular flexibility index (Phi) is 3.59. The van der Waals surface area contributed by atoms with Gasteiger partial charge in [-0.2, -0.15) is 0 Å². The van der Waals surface area contributed by atoms with Crippen LogP contribution < -0.4 is 5.73 Å². The van der Waals surface area contributed by atoms with Crippen molar-refractivity contribution in [3.63, 3.8) is 0 Å². The van der Waals surface area contributed by atoms with Gasteiger partial charge in [0.15, 0.2) is 0 Å². The molecule has 0 spiro atoms. The topological polar surface area (TPSA) is 63.4 Å². The maximum atomic E-state index is 11.9. The Hall–Kier alpha value is -0.900. The van der Waals surface area contributed by atoms with Crippen molar-refractivity contribution >= 4 is 11.8 Å². The summed E-state index contributed by atoms with van der Waals surface area (Å²) in [7, 11) is 0. The summed E-state index contributed by atoms with van der Waals surface area (Å²) < 4.78 is 0. The zero-order chi connectivity index (χ0) is 11.5. The van der Waals surface area contributed by atoms with Gasteiger partial charge < -0.3 is 5.73 Å². The zero-order valence-corrected chi connectivity index (χ0v) is 9.65. The number of hydrogen-bond donors (Lipinski definition) is 1. The molecule has 0 bridgehead atoms. The van der Waals surface area contributed by atoms with Crippen molar-refractivity contribution in [2.24, 2.45) is 5.73 Å². The summed E-state index contributed by atoms with van der Waals surface area (Å²) in [4.78, 5) is 25.3. The van der Waals surface area contributed by atoms with Gasteiger partial charge in [-0.15, -0.1) is 0 Å². The average Bonchev–Trinajstić information content (AvgIpc) is 2.42. The molecule has 2 N–H and O–H groups in total. The lowest BCUT2D eigenvalue weighted by Gasteiger charge is -2.34. The first-order valence-corrected chi connectivity index (χ1v) is 6.29. The molecule has 0 aromatic rings. The number of amides is 2. The molecule has 90 valence electrons. The van der Waals surface area contributed by atoms with Crippen LogP contribution in [0.1, 0.15) is 51.4 Å². The largest absolute Gasteiger partial charge is 0.328 e. The highest BCUT2D eigenvalue weighted by Gasteiger charge is 2.32. The minimum absolute atomic E-state index is 0.0305. The fraction of sp³-hybridized carbons (Fsp3) is 0.833. The molecule has 4 heteroatoms. The summed E-state index contributed by atoms with van der Waals surface area (Å²) in [5.41, 5.74) is 5.84. The van der Waals surface area contributed by atoms with Gasteiger partial charge in [0.05, 0.1) is 0 Å². The molecular formula is C12H20N2O2. The van der Waals surface area contributed by atoms with Crippen LogP contribution in [0.5, 0.6) is 0 Å². The summed E-state index contributed by atoms with van der Waals surface area (Å²) in [6, 6.07) is 0.381. The van der Waals surface area contributed by atoms with E-state index in [2.05, 4.69) is 0 Å².